The van der Waals surface area contributed by atoms with E-state index in [0.29, 0.717) is 11.3 Å². The molecular formula is C17H17FN2O4. The normalized spacial score (nSPS) is 10.3. The molecule has 0 aliphatic heterocycles. The molecule has 0 aromatic heterocycles. The van der Waals surface area contributed by atoms with Crippen LogP contribution in [0, 0.1) is 15.9 Å². The molecule has 0 aliphatic carbocycles. The SMILES string of the molecule is COc1ccc(CN(C)c2ccc(C(C)=O)cc2[N+](=O)[O-])cc1F. The van der Waals surface area contributed by atoms with Crippen molar-refractivity contribution in [1.29, 1.82) is 0 Å². The van der Waals surface area contributed by atoms with Crippen molar-refractivity contribution in [2.75, 3.05) is 19.1 Å². The Bertz CT molecular complexity index is 792. The summed E-state index contributed by atoms with van der Waals surface area (Å²) in [5, 5.41) is 11.3. The van der Waals surface area contributed by atoms with Gasteiger partial charge in [-0.3, -0.25) is 14.9 Å². The van der Waals surface area contributed by atoms with E-state index < -0.39 is 10.7 Å². The summed E-state index contributed by atoms with van der Waals surface area (Å²) in [6.45, 7) is 1.61. The molecule has 0 aliphatic rings. The molecule has 2 rings (SSSR count). The Balaban J connectivity index is 2.32. The molecule has 0 saturated carbocycles. The molecule has 2 aromatic rings. The molecule has 0 N–H and O–H groups in total. The van der Waals surface area contributed by atoms with E-state index in [1.807, 2.05) is 0 Å². The predicted octanol–water partition coefficient (Wildman–Crippen LogP) is 3.58. The van der Waals surface area contributed by atoms with Crippen LogP contribution >= 0.6 is 0 Å². The number of rotatable bonds is 6. The van der Waals surface area contributed by atoms with Crippen LogP contribution in [0.5, 0.6) is 5.75 Å². The number of carbonyl (C=O) groups excluding carboxylic acids is 1. The third kappa shape index (κ3) is 3.68. The number of nitro benzene ring substituents is 1. The Morgan fingerprint density at radius 3 is 2.54 bits per heavy atom. The summed E-state index contributed by atoms with van der Waals surface area (Å²) in [6.07, 6.45) is 0. The second-order valence-electron chi connectivity index (χ2n) is 5.34. The number of nitro groups is 1. The standard InChI is InChI=1S/C17H17FN2O4/c1-11(21)13-5-6-15(16(9-13)20(22)23)19(2)10-12-4-7-17(24-3)14(18)8-12/h4-9H,10H2,1-3H3. The van der Waals surface area contributed by atoms with Crippen LogP contribution in [0.25, 0.3) is 0 Å². The third-order valence-electron chi connectivity index (χ3n) is 3.63. The Morgan fingerprint density at radius 2 is 2.00 bits per heavy atom. The molecular weight excluding hydrogens is 315 g/mol. The molecule has 0 spiro atoms. The highest BCUT2D eigenvalue weighted by Crippen LogP contribution is 2.30. The predicted molar refractivity (Wildman–Crippen MR) is 88.2 cm³/mol. The number of benzene rings is 2. The van der Waals surface area contributed by atoms with Crippen LogP contribution in [0.2, 0.25) is 0 Å². The van der Waals surface area contributed by atoms with Gasteiger partial charge in [0.05, 0.1) is 12.0 Å². The van der Waals surface area contributed by atoms with Crippen molar-refractivity contribution in [3.05, 3.63) is 63.5 Å². The van der Waals surface area contributed by atoms with Gasteiger partial charge in [0, 0.05) is 25.2 Å². The van der Waals surface area contributed by atoms with Crippen LogP contribution in [0.4, 0.5) is 15.8 Å². The van der Waals surface area contributed by atoms with E-state index in [1.165, 1.54) is 44.4 Å². The highest BCUT2D eigenvalue weighted by molar-refractivity contribution is 5.95. The molecule has 0 saturated heterocycles. The molecule has 7 heteroatoms. The number of ketones is 1. The van der Waals surface area contributed by atoms with Gasteiger partial charge in [-0.2, -0.15) is 0 Å². The number of hydrogen-bond donors (Lipinski definition) is 0. The smallest absolute Gasteiger partial charge is 0.293 e. The Labute approximate surface area is 138 Å². The Morgan fingerprint density at radius 1 is 1.29 bits per heavy atom. The van der Waals surface area contributed by atoms with Gasteiger partial charge in [-0.1, -0.05) is 6.07 Å². The number of carbonyl (C=O) groups is 1. The fourth-order valence-electron chi connectivity index (χ4n) is 2.38. The van der Waals surface area contributed by atoms with Gasteiger partial charge in [0.1, 0.15) is 5.69 Å². The maximum atomic E-state index is 13.8. The molecule has 24 heavy (non-hydrogen) atoms. The van der Waals surface area contributed by atoms with Gasteiger partial charge < -0.3 is 9.64 Å². The van der Waals surface area contributed by atoms with Gasteiger partial charge >= 0.3 is 0 Å². The minimum Gasteiger partial charge on any atom is -0.494 e. The van der Waals surface area contributed by atoms with Crippen molar-refractivity contribution < 1.29 is 18.8 Å². The zero-order valence-electron chi connectivity index (χ0n) is 13.6. The lowest BCUT2D eigenvalue weighted by Gasteiger charge is -2.20. The second kappa shape index (κ2) is 7.08. The van der Waals surface area contributed by atoms with Gasteiger partial charge in [-0.05, 0) is 36.8 Å². The van der Waals surface area contributed by atoms with Crippen LogP contribution < -0.4 is 9.64 Å². The van der Waals surface area contributed by atoms with Crippen molar-refractivity contribution in [2.24, 2.45) is 0 Å². The van der Waals surface area contributed by atoms with Gasteiger partial charge in [0.25, 0.3) is 5.69 Å². The fraction of sp³-hybridized carbons (Fsp3) is 0.235. The lowest BCUT2D eigenvalue weighted by Crippen LogP contribution is -2.18. The largest absolute Gasteiger partial charge is 0.494 e. The summed E-state index contributed by atoms with van der Waals surface area (Å²) in [7, 11) is 3.04. The molecule has 0 fully saturated rings. The number of halogens is 1. The molecule has 0 heterocycles. The molecule has 0 bridgehead atoms. The molecule has 0 amide bonds. The van der Waals surface area contributed by atoms with Crippen LogP contribution in [0.1, 0.15) is 22.8 Å². The number of anilines is 1. The van der Waals surface area contributed by atoms with Gasteiger partial charge in [-0.25, -0.2) is 4.39 Å². The molecule has 0 radical (unpaired) electrons. The summed E-state index contributed by atoms with van der Waals surface area (Å²) in [5.74, 6) is -0.604. The fourth-order valence-corrected chi connectivity index (χ4v) is 2.38. The number of methoxy groups -OCH3 is 1. The summed E-state index contributed by atoms with van der Waals surface area (Å²) in [6, 6.07) is 8.83. The van der Waals surface area contributed by atoms with E-state index in [-0.39, 0.29) is 29.3 Å². The maximum absolute atomic E-state index is 13.8. The number of ether oxygens (including phenoxy) is 1. The minimum absolute atomic E-state index is 0.137. The topological polar surface area (TPSA) is 72.7 Å². The van der Waals surface area contributed by atoms with Gasteiger partial charge in [0.15, 0.2) is 17.3 Å². The first-order chi connectivity index (χ1) is 11.3. The third-order valence-corrected chi connectivity index (χ3v) is 3.63. The number of hydrogen-bond acceptors (Lipinski definition) is 5. The van der Waals surface area contributed by atoms with E-state index in [4.69, 9.17) is 4.74 Å². The van der Waals surface area contributed by atoms with Crippen molar-refractivity contribution in [3.8, 4) is 5.75 Å². The maximum Gasteiger partial charge on any atom is 0.293 e. The zero-order valence-corrected chi connectivity index (χ0v) is 13.6. The average molecular weight is 332 g/mol. The first-order valence-electron chi connectivity index (χ1n) is 7.16. The van der Waals surface area contributed by atoms with Gasteiger partial charge in [0.2, 0.25) is 0 Å². The number of nitrogens with zero attached hydrogens (tertiary/aromatic N) is 2. The Hall–Kier alpha value is -2.96. The van der Waals surface area contributed by atoms with E-state index >= 15 is 0 Å². The van der Waals surface area contributed by atoms with Crippen molar-refractivity contribution in [3.63, 3.8) is 0 Å². The van der Waals surface area contributed by atoms with E-state index in [2.05, 4.69) is 0 Å². The number of Topliss-reactive ketones (excluding diaryl/α,β-unsaturated/α-hetero) is 1. The molecule has 0 atom stereocenters. The lowest BCUT2D eigenvalue weighted by molar-refractivity contribution is -0.384. The lowest BCUT2D eigenvalue weighted by atomic mass is 10.1. The first-order valence-corrected chi connectivity index (χ1v) is 7.16. The highest BCUT2D eigenvalue weighted by Gasteiger charge is 2.19. The van der Waals surface area contributed by atoms with Crippen molar-refractivity contribution in [1.82, 2.24) is 0 Å². The monoisotopic (exact) mass is 332 g/mol. The van der Waals surface area contributed by atoms with E-state index in [1.54, 1.807) is 18.0 Å². The van der Waals surface area contributed by atoms with Crippen LogP contribution in [-0.4, -0.2) is 24.9 Å². The summed E-state index contributed by atoms with van der Waals surface area (Å²) >= 11 is 0. The summed E-state index contributed by atoms with van der Waals surface area (Å²) in [5.41, 5.74) is 1.09. The van der Waals surface area contributed by atoms with Crippen molar-refractivity contribution >= 4 is 17.2 Å². The van der Waals surface area contributed by atoms with E-state index in [0.717, 1.165) is 0 Å². The molecule has 126 valence electrons. The Kier molecular flexibility index (Phi) is 5.13. The summed E-state index contributed by atoms with van der Waals surface area (Å²) in [4.78, 5) is 23.8. The van der Waals surface area contributed by atoms with Crippen molar-refractivity contribution in [2.45, 2.75) is 13.5 Å². The van der Waals surface area contributed by atoms with Crippen LogP contribution in [0.3, 0.4) is 0 Å². The zero-order chi connectivity index (χ0) is 17.9. The molecule has 6 nitrogen and oxygen atoms in total. The van der Waals surface area contributed by atoms with E-state index in [9.17, 15) is 19.3 Å². The average Bonchev–Trinajstić information content (AvgIpc) is 2.54. The minimum atomic E-state index is -0.535. The highest BCUT2D eigenvalue weighted by atomic mass is 19.1. The molecule has 0 unspecified atom stereocenters. The summed E-state index contributed by atoms with van der Waals surface area (Å²) < 4.78 is 18.6. The second-order valence-corrected chi connectivity index (χ2v) is 5.34. The first kappa shape index (κ1) is 17.4. The van der Waals surface area contributed by atoms with Crippen LogP contribution in [-0.2, 0) is 6.54 Å². The van der Waals surface area contributed by atoms with Gasteiger partial charge in [-0.15, -0.1) is 0 Å². The van der Waals surface area contributed by atoms with Crippen LogP contribution in [0.15, 0.2) is 36.4 Å². The molecule has 2 aromatic carbocycles. The quantitative estimate of drug-likeness (QED) is 0.459.